The highest BCUT2D eigenvalue weighted by atomic mass is 35.5. The van der Waals surface area contributed by atoms with Gasteiger partial charge in [-0.05, 0) is 111 Å². The Morgan fingerprint density at radius 1 is 1.16 bits per heavy atom. The summed E-state index contributed by atoms with van der Waals surface area (Å²) in [7, 11) is 0. The average molecular weight is 453 g/mol. The Labute approximate surface area is 196 Å². The average Bonchev–Trinajstić information content (AvgIpc) is 2.99. The normalized spacial score (nSPS) is 20.5. The van der Waals surface area contributed by atoms with E-state index in [-0.39, 0.29) is 5.41 Å². The lowest BCUT2D eigenvalue weighted by Gasteiger charge is -2.40. The van der Waals surface area contributed by atoms with Gasteiger partial charge in [0.1, 0.15) is 0 Å². The lowest BCUT2D eigenvalue weighted by atomic mass is 9.72. The summed E-state index contributed by atoms with van der Waals surface area (Å²) in [6.45, 7) is 7.82. The minimum Gasteiger partial charge on any atom is -0.358 e. The van der Waals surface area contributed by atoms with Crippen molar-refractivity contribution in [2.45, 2.75) is 61.2 Å². The standard InChI is InChI=1S/C27H33ClN2S/c1-19-27(24-18-22(28)9-10-25(24)29-19)12-15-30(16-13-27)14-4-5-20-8-11-26(31-2)23(17-20)21-6-3-7-21/h8-11,17-18,21,29H,1,3-7,12-16H2,2H3. The summed E-state index contributed by atoms with van der Waals surface area (Å²) in [5, 5.41) is 4.35. The number of nitrogens with zero attached hydrogens (tertiary/aromatic N) is 1. The first-order valence-electron chi connectivity index (χ1n) is 11.7. The summed E-state index contributed by atoms with van der Waals surface area (Å²) in [5.41, 5.74) is 6.88. The second-order valence-electron chi connectivity index (χ2n) is 9.52. The van der Waals surface area contributed by atoms with Crippen LogP contribution in [0.4, 0.5) is 5.69 Å². The molecule has 0 atom stereocenters. The van der Waals surface area contributed by atoms with Crippen molar-refractivity contribution in [2.24, 2.45) is 0 Å². The zero-order valence-corrected chi connectivity index (χ0v) is 20.1. The maximum Gasteiger partial charge on any atom is 0.0425 e. The molecule has 1 saturated carbocycles. The second-order valence-corrected chi connectivity index (χ2v) is 10.8. The van der Waals surface area contributed by atoms with Crippen molar-refractivity contribution >= 4 is 29.1 Å². The van der Waals surface area contributed by atoms with Crippen molar-refractivity contribution in [3.63, 3.8) is 0 Å². The number of nitrogens with one attached hydrogen (secondary N) is 1. The van der Waals surface area contributed by atoms with Gasteiger partial charge in [-0.3, -0.25) is 0 Å². The highest BCUT2D eigenvalue weighted by Crippen LogP contribution is 2.50. The summed E-state index contributed by atoms with van der Waals surface area (Å²) >= 11 is 8.23. The van der Waals surface area contributed by atoms with Crippen molar-refractivity contribution in [3.05, 3.63) is 70.4 Å². The summed E-state index contributed by atoms with van der Waals surface area (Å²) in [6.07, 6.45) is 11.0. The lowest BCUT2D eigenvalue weighted by molar-refractivity contribution is 0.179. The predicted molar refractivity (Wildman–Crippen MR) is 135 cm³/mol. The molecule has 1 aliphatic carbocycles. The number of thioether (sulfide) groups is 1. The van der Waals surface area contributed by atoms with Crippen LogP contribution in [0.1, 0.15) is 61.1 Å². The van der Waals surface area contributed by atoms with Crippen LogP contribution in [0, 0.1) is 0 Å². The van der Waals surface area contributed by atoms with Crippen molar-refractivity contribution in [2.75, 3.05) is 31.2 Å². The van der Waals surface area contributed by atoms with Crippen molar-refractivity contribution < 1.29 is 0 Å². The third-order valence-corrected chi connectivity index (χ3v) is 8.90. The number of fused-ring (bicyclic) bond motifs is 2. The smallest absolute Gasteiger partial charge is 0.0425 e. The monoisotopic (exact) mass is 452 g/mol. The van der Waals surface area contributed by atoms with E-state index in [4.69, 9.17) is 11.6 Å². The molecule has 0 unspecified atom stereocenters. The fraction of sp³-hybridized carbons (Fsp3) is 0.481. The first kappa shape index (κ1) is 21.4. The Hall–Kier alpha value is -1.42. The van der Waals surface area contributed by atoms with Gasteiger partial charge in [-0.2, -0.15) is 0 Å². The van der Waals surface area contributed by atoms with Gasteiger partial charge >= 0.3 is 0 Å². The van der Waals surface area contributed by atoms with E-state index >= 15 is 0 Å². The molecular weight excluding hydrogens is 420 g/mol. The SMILES string of the molecule is C=C1Nc2ccc(Cl)cc2C12CCN(CCCc1ccc(SC)c(C3CCC3)c1)CC2. The van der Waals surface area contributed by atoms with Gasteiger partial charge in [0.15, 0.2) is 0 Å². The number of likely N-dealkylation sites (tertiary alicyclic amines) is 1. The number of benzene rings is 2. The molecule has 2 aliphatic heterocycles. The maximum absolute atomic E-state index is 6.32. The number of rotatable bonds is 6. The molecule has 0 aromatic heterocycles. The number of hydrogen-bond acceptors (Lipinski definition) is 3. The minimum atomic E-state index is 0.0576. The second kappa shape index (κ2) is 8.84. The largest absolute Gasteiger partial charge is 0.358 e. The van der Waals surface area contributed by atoms with Crippen LogP contribution in [-0.2, 0) is 11.8 Å². The molecule has 2 fully saturated rings. The van der Waals surface area contributed by atoms with Gasteiger partial charge in [0.05, 0.1) is 0 Å². The van der Waals surface area contributed by atoms with Gasteiger partial charge in [-0.15, -0.1) is 11.8 Å². The minimum absolute atomic E-state index is 0.0576. The number of hydrogen-bond donors (Lipinski definition) is 1. The Morgan fingerprint density at radius 2 is 1.97 bits per heavy atom. The van der Waals surface area contributed by atoms with Crippen molar-refractivity contribution in [1.29, 1.82) is 0 Å². The van der Waals surface area contributed by atoms with E-state index in [1.807, 2.05) is 17.8 Å². The van der Waals surface area contributed by atoms with Crippen LogP contribution in [-0.4, -0.2) is 30.8 Å². The molecule has 0 bridgehead atoms. The zero-order valence-electron chi connectivity index (χ0n) is 18.6. The number of allylic oxidation sites excluding steroid dienone is 1. The molecule has 0 radical (unpaired) electrons. The van der Waals surface area contributed by atoms with E-state index in [1.54, 1.807) is 5.56 Å². The predicted octanol–water partition coefficient (Wildman–Crippen LogP) is 7.24. The van der Waals surface area contributed by atoms with E-state index in [1.165, 1.54) is 60.4 Å². The van der Waals surface area contributed by atoms with E-state index < -0.39 is 0 Å². The summed E-state index contributed by atoms with van der Waals surface area (Å²) < 4.78 is 0. The number of halogens is 1. The first-order valence-corrected chi connectivity index (χ1v) is 13.3. The fourth-order valence-electron chi connectivity index (χ4n) is 5.68. The molecule has 4 heteroatoms. The molecule has 31 heavy (non-hydrogen) atoms. The molecule has 1 spiro atoms. The first-order chi connectivity index (χ1) is 15.1. The molecule has 0 amide bonds. The van der Waals surface area contributed by atoms with Crippen LogP contribution in [0.5, 0.6) is 0 Å². The molecule has 1 N–H and O–H groups in total. The van der Waals surface area contributed by atoms with Crippen LogP contribution < -0.4 is 5.32 Å². The Balaban J connectivity index is 1.17. The molecule has 3 aliphatic rings. The highest BCUT2D eigenvalue weighted by molar-refractivity contribution is 7.98. The van der Waals surface area contributed by atoms with E-state index in [9.17, 15) is 0 Å². The van der Waals surface area contributed by atoms with Crippen LogP contribution >= 0.6 is 23.4 Å². The molecular formula is C27H33ClN2S. The van der Waals surface area contributed by atoms with Gasteiger partial charge in [0, 0.05) is 26.7 Å². The lowest BCUT2D eigenvalue weighted by Crippen LogP contribution is -2.43. The Bertz CT molecular complexity index is 973. The highest BCUT2D eigenvalue weighted by Gasteiger charge is 2.44. The number of piperidine rings is 1. The zero-order chi connectivity index (χ0) is 21.4. The maximum atomic E-state index is 6.32. The van der Waals surface area contributed by atoms with E-state index in [2.05, 4.69) is 53.4 Å². The van der Waals surface area contributed by atoms with Gasteiger partial charge < -0.3 is 10.2 Å². The number of anilines is 1. The summed E-state index contributed by atoms with van der Waals surface area (Å²) in [4.78, 5) is 4.13. The molecule has 2 aromatic rings. The van der Waals surface area contributed by atoms with E-state index in [0.717, 1.165) is 42.6 Å². The van der Waals surface area contributed by atoms with Crippen LogP contribution in [0.15, 0.2) is 53.6 Å². The summed E-state index contributed by atoms with van der Waals surface area (Å²) in [6, 6.07) is 13.4. The van der Waals surface area contributed by atoms with E-state index in [0.29, 0.717) is 0 Å². The van der Waals surface area contributed by atoms with Crippen LogP contribution in [0.2, 0.25) is 5.02 Å². The van der Waals surface area contributed by atoms with Gasteiger partial charge in [-0.25, -0.2) is 0 Å². The van der Waals surface area contributed by atoms with Crippen molar-refractivity contribution in [1.82, 2.24) is 4.90 Å². The molecule has 5 rings (SSSR count). The molecule has 2 heterocycles. The van der Waals surface area contributed by atoms with Crippen LogP contribution in [0.3, 0.4) is 0 Å². The summed E-state index contributed by atoms with van der Waals surface area (Å²) in [5.74, 6) is 0.810. The Morgan fingerprint density at radius 3 is 2.68 bits per heavy atom. The molecule has 2 nitrogen and oxygen atoms in total. The quantitative estimate of drug-likeness (QED) is 0.465. The molecule has 2 aromatic carbocycles. The van der Waals surface area contributed by atoms with Crippen molar-refractivity contribution in [3.8, 4) is 0 Å². The van der Waals surface area contributed by atoms with Crippen LogP contribution in [0.25, 0.3) is 0 Å². The third kappa shape index (κ3) is 4.05. The number of aryl methyl sites for hydroxylation is 1. The van der Waals surface area contributed by atoms with Gasteiger partial charge in [-0.1, -0.05) is 36.7 Å². The molecule has 1 saturated heterocycles. The fourth-order valence-corrected chi connectivity index (χ4v) is 6.52. The topological polar surface area (TPSA) is 15.3 Å². The molecule has 164 valence electrons. The van der Waals surface area contributed by atoms with Gasteiger partial charge in [0.2, 0.25) is 0 Å². The van der Waals surface area contributed by atoms with Gasteiger partial charge in [0.25, 0.3) is 0 Å². The Kier molecular flexibility index (Phi) is 6.11. The third-order valence-electron chi connectivity index (χ3n) is 7.85.